The molecule has 1 aliphatic rings. The number of rotatable bonds is 4. The van der Waals surface area contributed by atoms with Crippen molar-refractivity contribution in [3.63, 3.8) is 0 Å². The van der Waals surface area contributed by atoms with Crippen LogP contribution in [0.4, 0.5) is 5.69 Å². The third-order valence-electron chi connectivity index (χ3n) is 3.32. The monoisotopic (exact) mass is 269 g/mol. The van der Waals surface area contributed by atoms with Gasteiger partial charge in [0.1, 0.15) is 0 Å². The third-order valence-corrected chi connectivity index (χ3v) is 3.55. The van der Waals surface area contributed by atoms with Gasteiger partial charge in [0.2, 0.25) is 0 Å². The fourth-order valence-electron chi connectivity index (χ4n) is 2.13. The van der Waals surface area contributed by atoms with E-state index in [1.807, 2.05) is 0 Å². The minimum Gasteiger partial charge on any atom is -0.315 e. The molecule has 1 aromatic rings. The second-order valence-electron chi connectivity index (χ2n) is 4.87. The molecule has 1 heterocycles. The van der Waals surface area contributed by atoms with Crippen molar-refractivity contribution in [3.05, 3.63) is 38.9 Å². The van der Waals surface area contributed by atoms with E-state index in [9.17, 15) is 10.1 Å². The van der Waals surface area contributed by atoms with Crippen LogP contribution >= 0.6 is 11.6 Å². The first kappa shape index (κ1) is 13.3. The van der Waals surface area contributed by atoms with Gasteiger partial charge in [-0.25, -0.2) is 0 Å². The Morgan fingerprint density at radius 3 is 3.00 bits per heavy atom. The molecule has 1 unspecified atom stereocenters. The largest absolute Gasteiger partial charge is 0.315 e. The first-order chi connectivity index (χ1) is 8.50. The highest BCUT2D eigenvalue weighted by atomic mass is 35.5. The first-order valence-corrected chi connectivity index (χ1v) is 6.27. The van der Waals surface area contributed by atoms with Crippen LogP contribution in [-0.4, -0.2) is 23.6 Å². The molecule has 0 saturated carbocycles. The van der Waals surface area contributed by atoms with E-state index in [0.717, 1.165) is 19.5 Å². The van der Waals surface area contributed by atoms with Crippen molar-refractivity contribution in [1.29, 1.82) is 0 Å². The molecule has 1 aromatic carbocycles. The number of benzene rings is 1. The first-order valence-electron chi connectivity index (χ1n) is 5.89. The summed E-state index contributed by atoms with van der Waals surface area (Å²) in [5.41, 5.74) is 0.745. The fraction of sp³-hybridized carbons (Fsp3) is 0.500. The number of hydrogen-bond acceptors (Lipinski definition) is 4. The zero-order chi connectivity index (χ0) is 13.2. The summed E-state index contributed by atoms with van der Waals surface area (Å²) in [6.07, 6.45) is 1.02. The van der Waals surface area contributed by atoms with Gasteiger partial charge in [0.25, 0.3) is 5.69 Å². The summed E-state index contributed by atoms with van der Waals surface area (Å²) in [5, 5.41) is 18.0. The minimum atomic E-state index is -0.391. The smallest absolute Gasteiger partial charge is 0.275 e. The van der Waals surface area contributed by atoms with Crippen molar-refractivity contribution in [2.75, 3.05) is 13.1 Å². The van der Waals surface area contributed by atoms with E-state index in [4.69, 9.17) is 11.6 Å². The molecular formula is C12H16ClN3O2. The lowest BCUT2D eigenvalue weighted by molar-refractivity contribution is -0.385. The number of halogens is 1. The highest BCUT2D eigenvalue weighted by Gasteiger charge is 2.28. The van der Waals surface area contributed by atoms with E-state index >= 15 is 0 Å². The molecule has 5 nitrogen and oxygen atoms in total. The van der Waals surface area contributed by atoms with Crippen molar-refractivity contribution in [2.24, 2.45) is 0 Å². The Hall–Kier alpha value is -1.17. The lowest BCUT2D eigenvalue weighted by atomic mass is 10.0. The van der Waals surface area contributed by atoms with E-state index < -0.39 is 4.92 Å². The normalized spacial score (nSPS) is 23.2. The average molecular weight is 270 g/mol. The van der Waals surface area contributed by atoms with Gasteiger partial charge in [0.05, 0.1) is 4.92 Å². The van der Waals surface area contributed by atoms with Gasteiger partial charge >= 0.3 is 0 Å². The van der Waals surface area contributed by atoms with Crippen LogP contribution in [0, 0.1) is 10.1 Å². The minimum absolute atomic E-state index is 0.00745. The molecule has 18 heavy (non-hydrogen) atoms. The highest BCUT2D eigenvalue weighted by molar-refractivity contribution is 6.30. The van der Waals surface area contributed by atoms with Crippen LogP contribution in [0.2, 0.25) is 5.02 Å². The van der Waals surface area contributed by atoms with Gasteiger partial charge in [-0.15, -0.1) is 0 Å². The summed E-state index contributed by atoms with van der Waals surface area (Å²) < 4.78 is 0. The molecule has 0 amide bonds. The SMILES string of the molecule is CC1(NCc2ccc(Cl)cc2[N+](=O)[O-])CCNC1. The third kappa shape index (κ3) is 2.98. The van der Waals surface area contributed by atoms with E-state index in [2.05, 4.69) is 17.6 Å². The fourth-order valence-corrected chi connectivity index (χ4v) is 2.30. The molecule has 2 N–H and O–H groups in total. The lowest BCUT2D eigenvalue weighted by Crippen LogP contribution is -2.43. The van der Waals surface area contributed by atoms with E-state index in [-0.39, 0.29) is 11.2 Å². The van der Waals surface area contributed by atoms with Crippen LogP contribution < -0.4 is 10.6 Å². The number of nitrogens with zero attached hydrogens (tertiary/aromatic N) is 1. The zero-order valence-electron chi connectivity index (χ0n) is 10.2. The maximum absolute atomic E-state index is 11.0. The van der Waals surface area contributed by atoms with Gasteiger partial charge in [-0.1, -0.05) is 11.6 Å². The molecule has 98 valence electrons. The van der Waals surface area contributed by atoms with Gasteiger partial charge in [0.15, 0.2) is 0 Å². The molecule has 1 aliphatic heterocycles. The average Bonchev–Trinajstić information content (AvgIpc) is 2.75. The Bertz CT molecular complexity index is 459. The Kier molecular flexibility index (Phi) is 3.85. The van der Waals surface area contributed by atoms with E-state index in [1.54, 1.807) is 12.1 Å². The Morgan fingerprint density at radius 1 is 1.61 bits per heavy atom. The van der Waals surface area contributed by atoms with Gasteiger partial charge in [-0.05, 0) is 32.0 Å². The molecule has 1 fully saturated rings. The topological polar surface area (TPSA) is 67.2 Å². The Morgan fingerprint density at radius 2 is 2.39 bits per heavy atom. The molecule has 1 saturated heterocycles. The molecule has 1 atom stereocenters. The van der Waals surface area contributed by atoms with Crippen molar-refractivity contribution >= 4 is 17.3 Å². The molecular weight excluding hydrogens is 254 g/mol. The van der Waals surface area contributed by atoms with Gasteiger partial charge in [-0.2, -0.15) is 0 Å². The van der Waals surface area contributed by atoms with Crippen LogP contribution in [0.15, 0.2) is 18.2 Å². The summed E-state index contributed by atoms with van der Waals surface area (Å²) in [6, 6.07) is 4.79. The van der Waals surface area contributed by atoms with Crippen LogP contribution in [0.25, 0.3) is 0 Å². The van der Waals surface area contributed by atoms with Gasteiger partial charge in [-0.3, -0.25) is 10.1 Å². The van der Waals surface area contributed by atoms with Crippen LogP contribution in [-0.2, 0) is 6.54 Å². The Labute approximate surface area is 111 Å². The molecule has 0 spiro atoms. The summed E-state index contributed by atoms with van der Waals surface area (Å²) >= 11 is 5.78. The highest BCUT2D eigenvalue weighted by Crippen LogP contribution is 2.24. The van der Waals surface area contributed by atoms with Crippen LogP contribution in [0.1, 0.15) is 18.9 Å². The molecule has 0 aliphatic carbocycles. The standard InChI is InChI=1S/C12H16ClN3O2/c1-12(4-5-14-8-12)15-7-9-2-3-10(13)6-11(9)16(17)18/h2-3,6,14-15H,4-5,7-8H2,1H3. The summed E-state index contributed by atoms with van der Waals surface area (Å²) in [6.45, 7) is 4.46. The summed E-state index contributed by atoms with van der Waals surface area (Å²) in [5.74, 6) is 0. The van der Waals surface area contributed by atoms with Crippen molar-refractivity contribution in [3.8, 4) is 0 Å². The quantitative estimate of drug-likeness (QED) is 0.649. The summed E-state index contributed by atoms with van der Waals surface area (Å²) in [7, 11) is 0. The molecule has 6 heteroatoms. The van der Waals surface area contributed by atoms with Crippen molar-refractivity contribution in [1.82, 2.24) is 10.6 Å². The number of hydrogen-bond donors (Lipinski definition) is 2. The summed E-state index contributed by atoms with van der Waals surface area (Å²) in [4.78, 5) is 10.6. The predicted molar refractivity (Wildman–Crippen MR) is 70.8 cm³/mol. The van der Waals surface area contributed by atoms with Gasteiger partial charge in [0, 0.05) is 35.3 Å². The number of nitro groups is 1. The van der Waals surface area contributed by atoms with Crippen molar-refractivity contribution in [2.45, 2.75) is 25.4 Å². The number of nitrogens with one attached hydrogen (secondary N) is 2. The van der Waals surface area contributed by atoms with Crippen molar-refractivity contribution < 1.29 is 4.92 Å². The molecule has 2 rings (SSSR count). The van der Waals surface area contributed by atoms with E-state index in [1.165, 1.54) is 6.07 Å². The molecule has 0 radical (unpaired) electrons. The second kappa shape index (κ2) is 5.22. The lowest BCUT2D eigenvalue weighted by Gasteiger charge is -2.24. The van der Waals surface area contributed by atoms with Gasteiger partial charge < -0.3 is 10.6 Å². The van der Waals surface area contributed by atoms with E-state index in [0.29, 0.717) is 17.1 Å². The zero-order valence-corrected chi connectivity index (χ0v) is 11.0. The molecule has 0 bridgehead atoms. The van der Waals surface area contributed by atoms with Crippen LogP contribution in [0.3, 0.4) is 0 Å². The van der Waals surface area contributed by atoms with Crippen LogP contribution in [0.5, 0.6) is 0 Å². The predicted octanol–water partition coefficient (Wildman–Crippen LogP) is 2.09. The maximum atomic E-state index is 11.0. The Balaban J connectivity index is 2.11. The maximum Gasteiger partial charge on any atom is 0.275 e. The number of nitro benzene ring substituents is 1. The molecule has 0 aromatic heterocycles. The second-order valence-corrected chi connectivity index (χ2v) is 5.31.